The molecule has 0 bridgehead atoms. The number of nitrogens with zero attached hydrogens (tertiary/aromatic N) is 1. The summed E-state index contributed by atoms with van der Waals surface area (Å²) in [5, 5.41) is 0.538. The number of unbranched alkanes of at least 4 members (excludes halogenated alkanes) is 10. The Morgan fingerprint density at radius 1 is 0.714 bits per heavy atom. The molecule has 3 aromatic rings. The highest BCUT2D eigenvalue weighted by Crippen LogP contribution is 2.29. The molecule has 0 aliphatic heterocycles. The van der Waals surface area contributed by atoms with Gasteiger partial charge in [0.05, 0.1) is 17.7 Å². The second-order valence-electron chi connectivity index (χ2n) is 9.59. The van der Waals surface area contributed by atoms with Crippen LogP contribution in [0.3, 0.4) is 0 Å². The molecule has 3 rings (SSSR count). The molecule has 35 heavy (non-hydrogen) atoms. The van der Waals surface area contributed by atoms with Crippen LogP contribution in [0.5, 0.6) is 5.75 Å². The van der Waals surface area contributed by atoms with E-state index in [1.807, 2.05) is 30.3 Å². The first-order valence-corrected chi connectivity index (χ1v) is 13.6. The zero-order valence-corrected chi connectivity index (χ0v) is 21.6. The summed E-state index contributed by atoms with van der Waals surface area (Å²) in [4.78, 5) is 4.10. The van der Waals surface area contributed by atoms with Crippen LogP contribution in [0, 0.1) is 11.8 Å². The highest BCUT2D eigenvalue weighted by Gasteiger charge is 2.15. The Balaban J connectivity index is 1.59. The molecule has 1 heterocycles. The number of ether oxygens (including phenoxy) is 1. The Kier molecular flexibility index (Phi) is 11.5. The molecule has 0 spiro atoms. The smallest absolute Gasteiger partial charge is 0.224 e. The number of pyridine rings is 1. The first-order chi connectivity index (χ1) is 17.1. The van der Waals surface area contributed by atoms with Crippen molar-refractivity contribution in [2.45, 2.75) is 97.3 Å². The molecule has 0 saturated carbocycles. The predicted molar refractivity (Wildman–Crippen MR) is 143 cm³/mol. The minimum atomic E-state index is -0.747. The molecule has 0 saturated heterocycles. The molecule has 2 nitrogen and oxygen atoms in total. The Morgan fingerprint density at radius 2 is 1.34 bits per heavy atom. The van der Waals surface area contributed by atoms with Crippen LogP contribution in [-0.4, -0.2) is 11.6 Å². The lowest BCUT2D eigenvalue weighted by molar-refractivity contribution is 0.304. The fourth-order valence-corrected chi connectivity index (χ4v) is 4.54. The summed E-state index contributed by atoms with van der Waals surface area (Å²) in [6, 6.07) is 12.9. The minimum Gasteiger partial charge on any atom is -0.494 e. The third kappa shape index (κ3) is 8.30. The molecule has 0 aliphatic carbocycles. The number of hydrogen-bond acceptors (Lipinski definition) is 2. The van der Waals surface area contributed by atoms with Crippen LogP contribution in [0.15, 0.2) is 42.5 Å². The van der Waals surface area contributed by atoms with Crippen molar-refractivity contribution >= 4 is 10.8 Å². The van der Waals surface area contributed by atoms with Gasteiger partial charge in [-0.15, -0.1) is 0 Å². The zero-order chi connectivity index (χ0) is 24.9. The van der Waals surface area contributed by atoms with E-state index in [4.69, 9.17) is 4.74 Å². The number of rotatable bonds is 16. The van der Waals surface area contributed by atoms with Crippen LogP contribution in [-0.2, 0) is 6.42 Å². The molecule has 0 radical (unpaired) electrons. The third-order valence-corrected chi connectivity index (χ3v) is 6.69. The van der Waals surface area contributed by atoms with Crippen molar-refractivity contribution in [2.24, 2.45) is 0 Å². The first-order valence-electron chi connectivity index (χ1n) is 13.6. The van der Waals surface area contributed by atoms with Crippen molar-refractivity contribution in [1.82, 2.24) is 4.98 Å². The van der Waals surface area contributed by atoms with E-state index in [-0.39, 0.29) is 5.39 Å². The number of fused-ring (bicyclic) bond motifs is 1. The van der Waals surface area contributed by atoms with Crippen LogP contribution >= 0.6 is 0 Å². The third-order valence-electron chi connectivity index (χ3n) is 6.69. The fourth-order valence-electron chi connectivity index (χ4n) is 4.54. The van der Waals surface area contributed by atoms with Gasteiger partial charge in [0.1, 0.15) is 11.6 Å². The van der Waals surface area contributed by atoms with Crippen LogP contribution < -0.4 is 4.74 Å². The molecule has 1 aromatic heterocycles. The van der Waals surface area contributed by atoms with Gasteiger partial charge in [-0.1, -0.05) is 90.2 Å². The van der Waals surface area contributed by atoms with E-state index in [9.17, 15) is 4.39 Å². The minimum absolute atomic E-state index is 0.00359. The monoisotopic (exact) mass is 481 g/mol. The summed E-state index contributed by atoms with van der Waals surface area (Å²) in [5.41, 5.74) is 1.86. The molecule has 0 N–H and O–H groups in total. The maximum atomic E-state index is 15.1. The Bertz CT molecular complexity index is 1030. The van der Waals surface area contributed by atoms with E-state index < -0.39 is 11.8 Å². The summed E-state index contributed by atoms with van der Waals surface area (Å²) < 4.78 is 35.8. The number of benzene rings is 2. The Labute approximate surface area is 210 Å². The zero-order valence-electron chi connectivity index (χ0n) is 21.6. The lowest BCUT2D eigenvalue weighted by Gasteiger charge is -2.10. The molecule has 0 fully saturated rings. The maximum absolute atomic E-state index is 15.1. The van der Waals surface area contributed by atoms with Gasteiger partial charge in [0.15, 0.2) is 0 Å². The van der Waals surface area contributed by atoms with Gasteiger partial charge >= 0.3 is 0 Å². The Morgan fingerprint density at radius 3 is 2.03 bits per heavy atom. The highest BCUT2D eigenvalue weighted by molar-refractivity contribution is 5.87. The summed E-state index contributed by atoms with van der Waals surface area (Å²) >= 11 is 0. The second kappa shape index (κ2) is 14.8. The molecule has 0 amide bonds. The molecular weight excluding hydrogens is 440 g/mol. The van der Waals surface area contributed by atoms with Gasteiger partial charge in [-0.05, 0) is 60.5 Å². The Hall–Kier alpha value is -2.49. The molecule has 4 heteroatoms. The topological polar surface area (TPSA) is 22.1 Å². The first kappa shape index (κ1) is 27.1. The fraction of sp³-hybridized carbons (Fsp3) is 0.516. The van der Waals surface area contributed by atoms with Crippen LogP contribution in [0.25, 0.3) is 22.0 Å². The average Bonchev–Trinajstić information content (AvgIpc) is 2.87. The van der Waals surface area contributed by atoms with Crippen molar-refractivity contribution in [3.05, 3.63) is 59.8 Å². The molecule has 0 unspecified atom stereocenters. The van der Waals surface area contributed by atoms with Gasteiger partial charge in [-0.3, -0.25) is 0 Å². The molecule has 0 aliphatic rings. The SMILES string of the molecule is CCCCCCCCOc1ccc(-c2cc3ccc(CCCCCCCC)c(F)c3c(F)n2)cc1. The lowest BCUT2D eigenvalue weighted by atomic mass is 10.0. The highest BCUT2D eigenvalue weighted by atomic mass is 19.1. The second-order valence-corrected chi connectivity index (χ2v) is 9.59. The number of hydrogen-bond donors (Lipinski definition) is 0. The van der Waals surface area contributed by atoms with Gasteiger partial charge < -0.3 is 4.74 Å². The van der Waals surface area contributed by atoms with E-state index >= 15 is 4.39 Å². The summed E-state index contributed by atoms with van der Waals surface area (Å²) in [5.74, 6) is -0.414. The molecular formula is C31H41F2NO. The molecule has 2 aromatic carbocycles. The van der Waals surface area contributed by atoms with E-state index in [0.717, 1.165) is 30.6 Å². The average molecular weight is 482 g/mol. The molecule has 190 valence electrons. The number of aromatic nitrogens is 1. The lowest BCUT2D eigenvalue weighted by Crippen LogP contribution is -1.99. The standard InChI is InChI=1S/C31H41F2NO/c1-3-5-7-9-11-13-15-25-16-17-26-23-28(34-31(33)29(26)30(25)32)24-18-20-27(21-19-24)35-22-14-12-10-8-6-4-2/h16-21,23H,3-15,22H2,1-2H3. The summed E-state index contributed by atoms with van der Waals surface area (Å²) in [6.45, 7) is 5.12. The molecule has 0 atom stereocenters. The van der Waals surface area contributed by atoms with Crippen molar-refractivity contribution < 1.29 is 13.5 Å². The number of aryl methyl sites for hydroxylation is 1. The van der Waals surface area contributed by atoms with Crippen molar-refractivity contribution in [3.63, 3.8) is 0 Å². The van der Waals surface area contributed by atoms with Crippen molar-refractivity contribution in [2.75, 3.05) is 6.61 Å². The van der Waals surface area contributed by atoms with Gasteiger partial charge in [0, 0.05) is 5.56 Å². The van der Waals surface area contributed by atoms with Crippen molar-refractivity contribution in [1.29, 1.82) is 0 Å². The number of halogens is 2. The largest absolute Gasteiger partial charge is 0.494 e. The normalized spacial score (nSPS) is 11.3. The van der Waals surface area contributed by atoms with E-state index in [1.54, 1.807) is 12.1 Å². The predicted octanol–water partition coefficient (Wildman–Crippen LogP) is 9.82. The quantitative estimate of drug-likeness (QED) is 0.150. The van der Waals surface area contributed by atoms with Gasteiger partial charge in [-0.25, -0.2) is 9.37 Å². The van der Waals surface area contributed by atoms with Crippen LogP contribution in [0.4, 0.5) is 8.78 Å². The van der Waals surface area contributed by atoms with E-state index in [2.05, 4.69) is 18.8 Å². The van der Waals surface area contributed by atoms with E-state index in [0.29, 0.717) is 29.7 Å². The van der Waals surface area contributed by atoms with Gasteiger partial charge in [0.25, 0.3) is 0 Å². The van der Waals surface area contributed by atoms with E-state index in [1.165, 1.54) is 57.8 Å². The maximum Gasteiger partial charge on any atom is 0.224 e. The van der Waals surface area contributed by atoms with Crippen LogP contribution in [0.1, 0.15) is 96.5 Å². The summed E-state index contributed by atoms with van der Waals surface area (Å²) in [6.07, 6.45) is 14.9. The van der Waals surface area contributed by atoms with Crippen LogP contribution in [0.2, 0.25) is 0 Å². The van der Waals surface area contributed by atoms with Crippen molar-refractivity contribution in [3.8, 4) is 17.0 Å². The van der Waals surface area contributed by atoms with Gasteiger partial charge in [0.2, 0.25) is 5.95 Å². The summed E-state index contributed by atoms with van der Waals surface area (Å²) in [7, 11) is 0. The van der Waals surface area contributed by atoms with Gasteiger partial charge in [-0.2, -0.15) is 4.39 Å².